The Bertz CT molecular complexity index is 425. The fourth-order valence-corrected chi connectivity index (χ4v) is 1.46. The fraction of sp³-hybridized carbons (Fsp3) is 0.0909. The minimum absolute atomic E-state index is 0.221. The zero-order valence-electron chi connectivity index (χ0n) is 8.00. The molecule has 0 saturated carbocycles. The molecule has 0 fully saturated rings. The third-order valence-electron chi connectivity index (χ3n) is 2.19. The molecule has 1 aromatic rings. The van der Waals surface area contributed by atoms with Crippen molar-refractivity contribution in [3.05, 3.63) is 60.0 Å². The van der Waals surface area contributed by atoms with Crippen molar-refractivity contribution in [3.8, 4) is 0 Å². The Morgan fingerprint density at radius 2 is 2.00 bits per heavy atom. The molecule has 15 heavy (non-hydrogen) atoms. The maximum Gasteiger partial charge on any atom is 0.268 e. The molecule has 4 nitrogen and oxygen atoms in total. The zero-order chi connectivity index (χ0) is 10.7. The lowest BCUT2D eigenvalue weighted by Crippen LogP contribution is -2.28. The second-order valence-corrected chi connectivity index (χ2v) is 3.19. The van der Waals surface area contributed by atoms with Crippen molar-refractivity contribution in [2.24, 2.45) is 10.8 Å². The molecule has 1 aromatic carbocycles. The molecule has 75 valence electrons. The average Bonchev–Trinajstić information content (AvgIpc) is 2.30. The summed E-state index contributed by atoms with van der Waals surface area (Å²) < 4.78 is 5.34. The van der Waals surface area contributed by atoms with Crippen LogP contribution in [0.5, 0.6) is 0 Å². The van der Waals surface area contributed by atoms with Gasteiger partial charge in [-0.3, -0.25) is 0 Å². The van der Waals surface area contributed by atoms with Crippen molar-refractivity contribution in [1.82, 2.24) is 5.53 Å². The molecule has 1 aliphatic rings. The summed E-state index contributed by atoms with van der Waals surface area (Å²) in [6, 6.07) is 9.17. The number of allylic oxidation sites excluding steroid dienone is 2. The molecule has 0 aromatic heterocycles. The normalized spacial score (nSPS) is 24.1. The van der Waals surface area contributed by atoms with Crippen molar-refractivity contribution >= 4 is 0 Å². The summed E-state index contributed by atoms with van der Waals surface area (Å²) in [6.45, 7) is 0. The quantitative estimate of drug-likeness (QED) is 0.734. The number of nitrogens with zero attached hydrogens (tertiary/aromatic N) is 2. The first-order chi connectivity index (χ1) is 7.27. The summed E-state index contributed by atoms with van der Waals surface area (Å²) in [5.74, 6) is 0.221. The largest absolute Gasteiger partial charge is 0.442 e. The lowest BCUT2D eigenvalue weighted by molar-refractivity contribution is 0.0384. The van der Waals surface area contributed by atoms with E-state index in [2.05, 4.69) is 5.11 Å². The van der Waals surface area contributed by atoms with Crippen molar-refractivity contribution in [2.75, 3.05) is 0 Å². The monoisotopic (exact) mass is 200 g/mol. The molecule has 0 spiro atoms. The molecule has 1 radical (unpaired) electrons. The van der Waals surface area contributed by atoms with E-state index in [9.17, 15) is 0 Å². The molecule has 2 rings (SSSR count). The molecule has 0 aliphatic carbocycles. The Morgan fingerprint density at radius 1 is 1.27 bits per heavy atom. The maximum atomic E-state index is 9.08. The van der Waals surface area contributed by atoms with Crippen molar-refractivity contribution in [1.29, 1.82) is 0 Å². The van der Waals surface area contributed by atoms with Gasteiger partial charge >= 0.3 is 0 Å². The van der Waals surface area contributed by atoms with Gasteiger partial charge in [-0.1, -0.05) is 36.4 Å². The zero-order valence-corrected chi connectivity index (χ0v) is 8.00. The highest BCUT2D eigenvalue weighted by Crippen LogP contribution is 2.32. The number of hydrogen-bond acceptors (Lipinski definition) is 3. The summed E-state index contributed by atoms with van der Waals surface area (Å²) in [6.07, 6.45) is 4.94. The van der Waals surface area contributed by atoms with Crippen LogP contribution in [0.2, 0.25) is 0 Å². The van der Waals surface area contributed by atoms with E-state index in [0.717, 1.165) is 5.56 Å². The molecular weight excluding hydrogens is 190 g/mol. The Morgan fingerprint density at radius 3 is 2.60 bits per heavy atom. The van der Waals surface area contributed by atoms with E-state index in [-0.39, 0.29) is 5.88 Å². The predicted octanol–water partition coefficient (Wildman–Crippen LogP) is 1.48. The number of nitrogens with two attached hydrogens (primary N) is 1. The summed E-state index contributed by atoms with van der Waals surface area (Å²) in [4.78, 5) is 0. The third kappa shape index (κ3) is 1.61. The molecule has 1 atom stereocenters. The minimum atomic E-state index is -1.21. The van der Waals surface area contributed by atoms with Crippen molar-refractivity contribution in [3.63, 3.8) is 0 Å². The second-order valence-electron chi connectivity index (χ2n) is 3.19. The number of rotatable bonds is 2. The van der Waals surface area contributed by atoms with Gasteiger partial charge in [-0.25, -0.2) is 0 Å². The predicted molar refractivity (Wildman–Crippen MR) is 55.2 cm³/mol. The molecule has 1 heterocycles. The minimum Gasteiger partial charge on any atom is -0.442 e. The van der Waals surface area contributed by atoms with E-state index < -0.39 is 5.72 Å². The third-order valence-corrected chi connectivity index (χ3v) is 2.19. The van der Waals surface area contributed by atoms with Crippen LogP contribution >= 0.6 is 0 Å². The van der Waals surface area contributed by atoms with Crippen LogP contribution in [0.4, 0.5) is 0 Å². The first kappa shape index (κ1) is 9.45. The smallest absolute Gasteiger partial charge is 0.268 e. The van der Waals surface area contributed by atoms with E-state index in [0.29, 0.717) is 0 Å². The van der Waals surface area contributed by atoms with Crippen LogP contribution in [0.3, 0.4) is 0 Å². The van der Waals surface area contributed by atoms with Gasteiger partial charge in [0.2, 0.25) is 0 Å². The lowest BCUT2D eigenvalue weighted by Gasteiger charge is -2.27. The van der Waals surface area contributed by atoms with Crippen molar-refractivity contribution < 1.29 is 4.74 Å². The highest BCUT2D eigenvalue weighted by atomic mass is 16.5. The van der Waals surface area contributed by atoms with Crippen LogP contribution < -0.4 is 11.3 Å². The van der Waals surface area contributed by atoms with E-state index in [1.54, 1.807) is 18.2 Å². The molecule has 0 amide bonds. The Labute approximate surface area is 87.6 Å². The molecule has 0 saturated heterocycles. The Hall–Kier alpha value is -2.10. The maximum absolute atomic E-state index is 9.08. The Balaban J connectivity index is 2.44. The molecule has 0 bridgehead atoms. The molecule has 1 unspecified atom stereocenters. The van der Waals surface area contributed by atoms with E-state index >= 15 is 0 Å². The van der Waals surface area contributed by atoms with Gasteiger partial charge in [0, 0.05) is 5.56 Å². The molecule has 2 N–H and O–H groups in total. The van der Waals surface area contributed by atoms with Crippen LogP contribution in [0.1, 0.15) is 5.56 Å². The van der Waals surface area contributed by atoms with Gasteiger partial charge in [-0.05, 0) is 17.7 Å². The van der Waals surface area contributed by atoms with Crippen LogP contribution in [0.25, 0.3) is 0 Å². The number of benzene rings is 1. The first-order valence-corrected chi connectivity index (χ1v) is 4.53. The second kappa shape index (κ2) is 3.57. The van der Waals surface area contributed by atoms with E-state index in [4.69, 9.17) is 16.0 Å². The summed E-state index contributed by atoms with van der Waals surface area (Å²) in [7, 11) is 0. The van der Waals surface area contributed by atoms with Crippen LogP contribution in [-0.4, -0.2) is 0 Å². The standard InChI is InChI=1S/C11H10N3O/c12-10-7-4-8-11(14-13,15-10)9-5-2-1-3-6-9/h1-8H,12H2. The fourth-order valence-electron chi connectivity index (χ4n) is 1.46. The van der Waals surface area contributed by atoms with E-state index in [1.807, 2.05) is 30.3 Å². The summed E-state index contributed by atoms with van der Waals surface area (Å²) >= 11 is 0. The van der Waals surface area contributed by atoms with Gasteiger partial charge in [0.1, 0.15) is 0 Å². The van der Waals surface area contributed by atoms with Gasteiger partial charge in [-0.2, -0.15) is 0 Å². The van der Waals surface area contributed by atoms with Gasteiger partial charge < -0.3 is 10.5 Å². The first-order valence-electron chi connectivity index (χ1n) is 4.53. The van der Waals surface area contributed by atoms with Gasteiger partial charge in [0.25, 0.3) is 5.72 Å². The lowest BCUT2D eigenvalue weighted by atomic mass is 10.0. The van der Waals surface area contributed by atoms with Crippen LogP contribution in [-0.2, 0) is 10.5 Å². The topological polar surface area (TPSA) is 69.9 Å². The van der Waals surface area contributed by atoms with Gasteiger partial charge in [0.15, 0.2) is 5.88 Å². The molecule has 1 aliphatic heterocycles. The van der Waals surface area contributed by atoms with E-state index in [1.165, 1.54) is 0 Å². The van der Waals surface area contributed by atoms with Gasteiger partial charge in [0.05, 0.1) is 0 Å². The Kier molecular flexibility index (Phi) is 2.25. The van der Waals surface area contributed by atoms with Crippen molar-refractivity contribution in [2.45, 2.75) is 5.72 Å². The average molecular weight is 200 g/mol. The molecular formula is C11H10N3O. The van der Waals surface area contributed by atoms with Crippen LogP contribution in [0, 0.1) is 0 Å². The summed E-state index contributed by atoms with van der Waals surface area (Å²) in [5, 5.41) is 3.27. The summed E-state index contributed by atoms with van der Waals surface area (Å²) in [5.41, 5.74) is 14.1. The number of hydrogen-bond donors (Lipinski definition) is 1. The van der Waals surface area contributed by atoms with Crippen LogP contribution in [0.15, 0.2) is 59.6 Å². The molecule has 4 heteroatoms. The number of ether oxygens (including phenoxy) is 1. The van der Waals surface area contributed by atoms with Gasteiger partial charge in [-0.15, -0.1) is 5.11 Å². The SMILES string of the molecule is [N]=NC1(c2ccccc2)C=CC=C(N)O1. The highest BCUT2D eigenvalue weighted by molar-refractivity contribution is 5.31. The highest BCUT2D eigenvalue weighted by Gasteiger charge is 2.33.